The van der Waals surface area contributed by atoms with Gasteiger partial charge in [-0.15, -0.1) is 11.3 Å². The first-order valence-electron chi connectivity index (χ1n) is 4.61. The third-order valence-corrected chi connectivity index (χ3v) is 3.48. The number of fused-ring (bicyclic) bond motifs is 1. The van der Waals surface area contributed by atoms with E-state index >= 15 is 0 Å². The van der Waals surface area contributed by atoms with Crippen LogP contribution in [0.4, 0.5) is 5.00 Å². The molecule has 3 heteroatoms. The van der Waals surface area contributed by atoms with Crippen LogP contribution in [0.25, 0.3) is 10.1 Å². The predicted molar refractivity (Wildman–Crippen MR) is 62.2 cm³/mol. The second-order valence-electron chi connectivity index (χ2n) is 3.14. The first-order valence-corrected chi connectivity index (χ1v) is 5.43. The molecule has 0 unspecified atom stereocenters. The van der Waals surface area contributed by atoms with E-state index in [4.69, 9.17) is 10.5 Å². The lowest BCUT2D eigenvalue weighted by molar-refractivity contribution is 0.420. The fraction of sp³-hybridized carbons (Fsp3) is 0.273. The van der Waals surface area contributed by atoms with Crippen molar-refractivity contribution in [3.63, 3.8) is 0 Å². The van der Waals surface area contributed by atoms with Crippen LogP contribution >= 0.6 is 11.3 Å². The number of hydrogen-bond acceptors (Lipinski definition) is 3. The van der Waals surface area contributed by atoms with Crippen molar-refractivity contribution < 1.29 is 4.74 Å². The molecule has 2 N–H and O–H groups in total. The van der Waals surface area contributed by atoms with E-state index < -0.39 is 0 Å². The van der Waals surface area contributed by atoms with Gasteiger partial charge in [-0.3, -0.25) is 0 Å². The smallest absolute Gasteiger partial charge is 0.136 e. The van der Waals surface area contributed by atoms with Gasteiger partial charge in [0.1, 0.15) is 5.75 Å². The van der Waals surface area contributed by atoms with Crippen molar-refractivity contribution >= 4 is 26.4 Å². The Balaban J connectivity index is 2.79. The SMILES string of the molecule is CCc1c(N)sc2c(OC)cccc12. The Morgan fingerprint density at radius 3 is 2.86 bits per heavy atom. The van der Waals surface area contributed by atoms with Crippen LogP contribution in [0.15, 0.2) is 18.2 Å². The number of hydrogen-bond donors (Lipinski definition) is 1. The zero-order chi connectivity index (χ0) is 10.1. The predicted octanol–water partition coefficient (Wildman–Crippen LogP) is 3.05. The standard InChI is InChI=1S/C11H13NOS/c1-3-7-8-5-4-6-9(13-2)10(8)14-11(7)12/h4-6H,3,12H2,1-2H3. The highest BCUT2D eigenvalue weighted by atomic mass is 32.1. The van der Waals surface area contributed by atoms with Gasteiger partial charge in [0.15, 0.2) is 0 Å². The van der Waals surface area contributed by atoms with Gasteiger partial charge < -0.3 is 10.5 Å². The van der Waals surface area contributed by atoms with E-state index in [-0.39, 0.29) is 0 Å². The van der Waals surface area contributed by atoms with E-state index in [1.807, 2.05) is 12.1 Å². The van der Waals surface area contributed by atoms with E-state index in [0.717, 1.165) is 21.9 Å². The molecular weight excluding hydrogens is 194 g/mol. The van der Waals surface area contributed by atoms with Crippen LogP contribution in [0.3, 0.4) is 0 Å². The number of aryl methyl sites for hydroxylation is 1. The summed E-state index contributed by atoms with van der Waals surface area (Å²) in [4.78, 5) is 0. The Bertz CT molecular complexity index is 462. The zero-order valence-corrected chi connectivity index (χ0v) is 9.15. The summed E-state index contributed by atoms with van der Waals surface area (Å²) in [5.74, 6) is 0.916. The maximum Gasteiger partial charge on any atom is 0.136 e. The van der Waals surface area contributed by atoms with Crippen LogP contribution in [0, 0.1) is 0 Å². The number of methoxy groups -OCH3 is 1. The minimum Gasteiger partial charge on any atom is -0.495 e. The molecule has 0 radical (unpaired) electrons. The van der Waals surface area contributed by atoms with Gasteiger partial charge >= 0.3 is 0 Å². The number of anilines is 1. The molecule has 0 aliphatic carbocycles. The molecule has 2 aromatic rings. The van der Waals surface area contributed by atoms with Crippen LogP contribution in [0.1, 0.15) is 12.5 Å². The molecule has 0 aliphatic heterocycles. The van der Waals surface area contributed by atoms with E-state index in [2.05, 4.69) is 13.0 Å². The number of nitrogens with two attached hydrogens (primary N) is 1. The minimum atomic E-state index is 0.909. The van der Waals surface area contributed by atoms with Gasteiger partial charge in [-0.1, -0.05) is 19.1 Å². The molecule has 0 aliphatic rings. The molecule has 0 fully saturated rings. The lowest BCUT2D eigenvalue weighted by Gasteiger charge is -2.00. The van der Waals surface area contributed by atoms with Crippen molar-refractivity contribution in [3.05, 3.63) is 23.8 Å². The normalized spacial score (nSPS) is 10.7. The second kappa shape index (κ2) is 3.50. The molecule has 0 amide bonds. The molecule has 0 bridgehead atoms. The monoisotopic (exact) mass is 207 g/mol. The highest BCUT2D eigenvalue weighted by Crippen LogP contribution is 2.39. The average Bonchev–Trinajstić information content (AvgIpc) is 2.52. The summed E-state index contributed by atoms with van der Waals surface area (Å²) < 4.78 is 6.45. The molecule has 0 atom stereocenters. The van der Waals surface area contributed by atoms with Crippen molar-refractivity contribution in [1.29, 1.82) is 0 Å². The summed E-state index contributed by atoms with van der Waals surface area (Å²) in [5, 5.41) is 2.14. The summed E-state index contributed by atoms with van der Waals surface area (Å²) in [6, 6.07) is 6.08. The van der Waals surface area contributed by atoms with Gasteiger partial charge in [-0.05, 0) is 18.1 Å². The molecule has 14 heavy (non-hydrogen) atoms. The van der Waals surface area contributed by atoms with Crippen molar-refractivity contribution in [3.8, 4) is 5.75 Å². The van der Waals surface area contributed by atoms with Crippen molar-refractivity contribution in [1.82, 2.24) is 0 Å². The maximum atomic E-state index is 5.95. The molecule has 74 valence electrons. The molecule has 1 aromatic carbocycles. The lowest BCUT2D eigenvalue weighted by atomic mass is 10.1. The molecule has 2 rings (SSSR count). The molecule has 0 spiro atoms. The minimum absolute atomic E-state index is 0.909. The van der Waals surface area contributed by atoms with Gasteiger partial charge in [-0.2, -0.15) is 0 Å². The molecule has 1 heterocycles. The number of benzene rings is 1. The largest absolute Gasteiger partial charge is 0.495 e. The van der Waals surface area contributed by atoms with Crippen LogP contribution in [-0.4, -0.2) is 7.11 Å². The summed E-state index contributed by atoms with van der Waals surface area (Å²) in [5.41, 5.74) is 7.19. The Kier molecular flexibility index (Phi) is 2.33. The number of thiophene rings is 1. The summed E-state index contributed by atoms with van der Waals surface area (Å²) >= 11 is 1.61. The summed E-state index contributed by atoms with van der Waals surface area (Å²) in [6.07, 6.45) is 0.971. The van der Waals surface area contributed by atoms with Gasteiger partial charge in [-0.25, -0.2) is 0 Å². The topological polar surface area (TPSA) is 35.2 Å². The van der Waals surface area contributed by atoms with Gasteiger partial charge in [0.2, 0.25) is 0 Å². The number of ether oxygens (including phenoxy) is 1. The average molecular weight is 207 g/mol. The molecule has 0 saturated carbocycles. The summed E-state index contributed by atoms with van der Waals surface area (Å²) in [7, 11) is 1.69. The highest BCUT2D eigenvalue weighted by molar-refractivity contribution is 7.23. The quantitative estimate of drug-likeness (QED) is 0.821. The van der Waals surface area contributed by atoms with Gasteiger partial charge in [0.05, 0.1) is 16.8 Å². The fourth-order valence-electron chi connectivity index (χ4n) is 1.69. The maximum absolute atomic E-state index is 5.95. The van der Waals surface area contributed by atoms with E-state index in [1.165, 1.54) is 10.9 Å². The van der Waals surface area contributed by atoms with E-state index in [9.17, 15) is 0 Å². The van der Waals surface area contributed by atoms with Gasteiger partial charge in [0, 0.05) is 5.39 Å². The Hall–Kier alpha value is -1.22. The molecule has 1 aromatic heterocycles. The van der Waals surface area contributed by atoms with Crippen LogP contribution in [0.2, 0.25) is 0 Å². The zero-order valence-electron chi connectivity index (χ0n) is 8.33. The second-order valence-corrected chi connectivity index (χ2v) is 4.19. The third kappa shape index (κ3) is 1.24. The first-order chi connectivity index (χ1) is 6.77. The van der Waals surface area contributed by atoms with Crippen LogP contribution in [-0.2, 0) is 6.42 Å². The fourth-order valence-corrected chi connectivity index (χ4v) is 2.84. The first kappa shape index (κ1) is 9.34. The van der Waals surface area contributed by atoms with Crippen LogP contribution in [0.5, 0.6) is 5.75 Å². The number of rotatable bonds is 2. The number of nitrogen functional groups attached to an aromatic ring is 1. The Morgan fingerprint density at radius 1 is 1.43 bits per heavy atom. The van der Waals surface area contributed by atoms with Crippen molar-refractivity contribution in [2.75, 3.05) is 12.8 Å². The summed E-state index contributed by atoms with van der Waals surface area (Å²) in [6.45, 7) is 2.12. The Labute approximate surface area is 87.3 Å². The highest BCUT2D eigenvalue weighted by Gasteiger charge is 2.10. The van der Waals surface area contributed by atoms with Gasteiger partial charge in [0.25, 0.3) is 0 Å². The molecule has 2 nitrogen and oxygen atoms in total. The third-order valence-electron chi connectivity index (χ3n) is 2.39. The van der Waals surface area contributed by atoms with Crippen molar-refractivity contribution in [2.24, 2.45) is 0 Å². The van der Waals surface area contributed by atoms with Crippen LogP contribution < -0.4 is 10.5 Å². The van der Waals surface area contributed by atoms with E-state index in [1.54, 1.807) is 18.4 Å². The van der Waals surface area contributed by atoms with Crippen molar-refractivity contribution in [2.45, 2.75) is 13.3 Å². The lowest BCUT2D eigenvalue weighted by Crippen LogP contribution is -1.86. The van der Waals surface area contributed by atoms with E-state index in [0.29, 0.717) is 0 Å². The molecule has 0 saturated heterocycles. The Morgan fingerprint density at radius 2 is 2.21 bits per heavy atom. The molecular formula is C11H13NOS.